The Morgan fingerprint density at radius 2 is 2.23 bits per heavy atom. The Bertz CT molecular complexity index is 729. The second kappa shape index (κ2) is 6.08. The number of piperidine rings is 1. The van der Waals surface area contributed by atoms with Crippen LogP contribution in [0.15, 0.2) is 18.2 Å². The van der Waals surface area contributed by atoms with Gasteiger partial charge in [-0.2, -0.15) is 0 Å². The summed E-state index contributed by atoms with van der Waals surface area (Å²) in [4.78, 5) is 12.5. The van der Waals surface area contributed by atoms with Crippen LogP contribution in [-0.4, -0.2) is 40.8 Å². The molecule has 5 nitrogen and oxygen atoms in total. The molecule has 1 fully saturated rings. The number of rotatable bonds is 2. The third kappa shape index (κ3) is 2.70. The van der Waals surface area contributed by atoms with Gasteiger partial charge in [0.2, 0.25) is 0 Å². The van der Waals surface area contributed by atoms with Crippen molar-refractivity contribution in [3.8, 4) is 0 Å². The van der Waals surface area contributed by atoms with Crippen LogP contribution in [0.5, 0.6) is 0 Å². The first-order valence-corrected chi connectivity index (χ1v) is 7.87. The highest BCUT2D eigenvalue weighted by Gasteiger charge is 2.26. The van der Waals surface area contributed by atoms with Crippen LogP contribution in [0.4, 0.5) is 0 Å². The lowest BCUT2D eigenvalue weighted by Gasteiger charge is -2.29. The Hall–Kier alpha value is -1.27. The van der Waals surface area contributed by atoms with Crippen molar-refractivity contribution < 1.29 is 9.90 Å². The molecule has 1 aromatic carbocycles. The third-order valence-electron chi connectivity index (χ3n) is 4.11. The highest BCUT2D eigenvalue weighted by atomic mass is 35.5. The molecule has 1 aromatic heterocycles. The molecule has 0 aliphatic carbocycles. The van der Waals surface area contributed by atoms with Crippen molar-refractivity contribution in [1.82, 2.24) is 15.2 Å². The lowest BCUT2D eigenvalue weighted by atomic mass is 10.0. The lowest BCUT2D eigenvalue weighted by Crippen LogP contribution is -2.52. The van der Waals surface area contributed by atoms with Gasteiger partial charge in [0.25, 0.3) is 5.91 Å². The van der Waals surface area contributed by atoms with Crippen LogP contribution in [-0.2, 0) is 7.05 Å². The van der Waals surface area contributed by atoms with Gasteiger partial charge in [0.1, 0.15) is 5.69 Å². The van der Waals surface area contributed by atoms with Gasteiger partial charge in [0.15, 0.2) is 0 Å². The lowest BCUT2D eigenvalue weighted by molar-refractivity contribution is 0.0759. The van der Waals surface area contributed by atoms with Crippen molar-refractivity contribution in [2.75, 3.05) is 13.1 Å². The molecule has 3 N–H and O–H groups in total. The van der Waals surface area contributed by atoms with E-state index in [4.69, 9.17) is 23.2 Å². The highest BCUT2D eigenvalue weighted by Crippen LogP contribution is 2.32. The second-order valence-electron chi connectivity index (χ2n) is 5.52. The number of fused-ring (bicyclic) bond motifs is 1. The summed E-state index contributed by atoms with van der Waals surface area (Å²) < 4.78 is 1.78. The maximum absolute atomic E-state index is 12.5. The number of aryl methyl sites for hydroxylation is 1. The number of amides is 1. The molecule has 0 radical (unpaired) electrons. The molecule has 3 rings (SSSR count). The Morgan fingerprint density at radius 3 is 2.95 bits per heavy atom. The molecule has 1 aliphatic rings. The number of hydrogen-bond acceptors (Lipinski definition) is 3. The van der Waals surface area contributed by atoms with E-state index in [9.17, 15) is 9.90 Å². The van der Waals surface area contributed by atoms with Crippen molar-refractivity contribution in [3.63, 3.8) is 0 Å². The molecule has 1 aliphatic heterocycles. The minimum absolute atomic E-state index is 0.225. The topological polar surface area (TPSA) is 66.3 Å². The number of aromatic nitrogens is 1. The Morgan fingerprint density at radius 1 is 1.45 bits per heavy atom. The van der Waals surface area contributed by atoms with Gasteiger partial charge >= 0.3 is 0 Å². The van der Waals surface area contributed by atoms with E-state index in [0.29, 0.717) is 28.7 Å². The molecule has 2 atom stereocenters. The summed E-state index contributed by atoms with van der Waals surface area (Å²) in [6.07, 6.45) is 0.120. The number of β-amino-alcohol motifs (C(OH)–C–C–N with tert-alkyl or cyclic N) is 1. The van der Waals surface area contributed by atoms with Crippen LogP contribution in [0.2, 0.25) is 10.0 Å². The van der Waals surface area contributed by atoms with Crippen LogP contribution in [0.1, 0.15) is 16.9 Å². The minimum atomic E-state index is -0.578. The monoisotopic (exact) mass is 341 g/mol. The molecule has 2 aromatic rings. The predicted molar refractivity (Wildman–Crippen MR) is 87.7 cm³/mol. The van der Waals surface area contributed by atoms with Gasteiger partial charge in [-0.1, -0.05) is 23.2 Å². The summed E-state index contributed by atoms with van der Waals surface area (Å²) in [5.74, 6) is -0.225. The zero-order valence-electron chi connectivity index (χ0n) is 12.1. The molecule has 0 bridgehead atoms. The maximum Gasteiger partial charge on any atom is 0.268 e. The number of hydrogen-bond donors (Lipinski definition) is 3. The molecule has 118 valence electrons. The van der Waals surface area contributed by atoms with E-state index in [1.165, 1.54) is 0 Å². The SMILES string of the molecule is Cn1c(C(=O)NC2CCNCC2O)cc2c(Cl)c(Cl)ccc21. The number of aliphatic hydroxyl groups is 1. The first kappa shape index (κ1) is 15.6. The third-order valence-corrected chi connectivity index (χ3v) is 4.93. The van der Waals surface area contributed by atoms with Crippen molar-refractivity contribution in [3.05, 3.63) is 33.9 Å². The van der Waals surface area contributed by atoms with Crippen molar-refractivity contribution >= 4 is 40.0 Å². The average Bonchev–Trinajstić information content (AvgIpc) is 2.83. The van der Waals surface area contributed by atoms with Crippen LogP contribution in [0.25, 0.3) is 10.9 Å². The van der Waals surface area contributed by atoms with Crippen LogP contribution in [0, 0.1) is 0 Å². The van der Waals surface area contributed by atoms with Gasteiger partial charge in [-0.15, -0.1) is 0 Å². The highest BCUT2D eigenvalue weighted by molar-refractivity contribution is 6.45. The molecule has 2 unspecified atom stereocenters. The second-order valence-corrected chi connectivity index (χ2v) is 6.31. The van der Waals surface area contributed by atoms with Crippen LogP contribution in [0.3, 0.4) is 0 Å². The number of nitrogens with one attached hydrogen (secondary N) is 2. The molecule has 7 heteroatoms. The fourth-order valence-corrected chi connectivity index (χ4v) is 3.20. The summed E-state index contributed by atoms with van der Waals surface area (Å²) in [6.45, 7) is 1.26. The average molecular weight is 342 g/mol. The van der Waals surface area contributed by atoms with Crippen molar-refractivity contribution in [2.45, 2.75) is 18.6 Å². The fourth-order valence-electron chi connectivity index (χ4n) is 2.82. The number of carbonyl (C=O) groups is 1. The predicted octanol–water partition coefficient (Wildman–Crippen LogP) is 1.94. The Kier molecular flexibility index (Phi) is 4.32. The smallest absolute Gasteiger partial charge is 0.268 e. The molecule has 0 saturated carbocycles. The van der Waals surface area contributed by atoms with E-state index >= 15 is 0 Å². The summed E-state index contributed by atoms with van der Waals surface area (Å²) >= 11 is 12.2. The summed E-state index contributed by atoms with van der Waals surface area (Å²) in [7, 11) is 1.81. The van der Waals surface area contributed by atoms with Crippen molar-refractivity contribution in [2.24, 2.45) is 7.05 Å². The minimum Gasteiger partial charge on any atom is -0.390 e. The van der Waals surface area contributed by atoms with Gasteiger partial charge in [-0.3, -0.25) is 4.79 Å². The first-order chi connectivity index (χ1) is 10.5. The fraction of sp³-hybridized carbons (Fsp3) is 0.400. The molecule has 2 heterocycles. The van der Waals surface area contributed by atoms with Gasteiger partial charge < -0.3 is 20.3 Å². The van der Waals surface area contributed by atoms with E-state index in [2.05, 4.69) is 10.6 Å². The standard InChI is InChI=1S/C15H17Cl2N3O2/c1-20-11-3-2-9(16)14(17)8(11)6-12(20)15(22)19-10-4-5-18-7-13(10)21/h2-3,6,10,13,18,21H,4-5,7H2,1H3,(H,19,22). The number of carbonyl (C=O) groups excluding carboxylic acids is 1. The summed E-state index contributed by atoms with van der Waals surface area (Å²) in [5.41, 5.74) is 1.33. The molecule has 22 heavy (non-hydrogen) atoms. The van der Waals surface area contributed by atoms with Crippen LogP contribution >= 0.6 is 23.2 Å². The van der Waals surface area contributed by atoms with E-state index in [1.54, 1.807) is 23.7 Å². The van der Waals surface area contributed by atoms with E-state index in [-0.39, 0.29) is 11.9 Å². The van der Waals surface area contributed by atoms with E-state index in [0.717, 1.165) is 17.4 Å². The van der Waals surface area contributed by atoms with Crippen molar-refractivity contribution in [1.29, 1.82) is 0 Å². The van der Waals surface area contributed by atoms with Gasteiger partial charge in [0, 0.05) is 24.5 Å². The van der Waals surface area contributed by atoms with E-state index < -0.39 is 6.10 Å². The Balaban J connectivity index is 1.91. The zero-order chi connectivity index (χ0) is 15.9. The van der Waals surface area contributed by atoms with Gasteiger partial charge in [-0.05, 0) is 31.2 Å². The zero-order valence-corrected chi connectivity index (χ0v) is 13.6. The molecule has 0 spiro atoms. The van der Waals surface area contributed by atoms with Gasteiger partial charge in [-0.25, -0.2) is 0 Å². The molecular formula is C15H17Cl2N3O2. The Labute approximate surface area is 138 Å². The first-order valence-electron chi connectivity index (χ1n) is 7.12. The van der Waals surface area contributed by atoms with Crippen LogP contribution < -0.4 is 10.6 Å². The maximum atomic E-state index is 12.5. The quantitative estimate of drug-likeness (QED) is 0.781. The number of benzene rings is 1. The van der Waals surface area contributed by atoms with Gasteiger partial charge in [0.05, 0.1) is 22.2 Å². The number of aliphatic hydroxyl groups excluding tert-OH is 1. The normalized spacial score (nSPS) is 22.0. The number of halogens is 2. The van der Waals surface area contributed by atoms with E-state index in [1.807, 2.05) is 6.07 Å². The number of nitrogens with zero attached hydrogens (tertiary/aromatic N) is 1. The molecule has 1 amide bonds. The summed E-state index contributed by atoms with van der Waals surface area (Å²) in [6, 6.07) is 5.03. The summed E-state index contributed by atoms with van der Waals surface area (Å²) in [5, 5.41) is 17.6. The molecule has 1 saturated heterocycles. The largest absolute Gasteiger partial charge is 0.390 e. The molecular weight excluding hydrogens is 325 g/mol.